The molecule has 0 bridgehead atoms. The normalized spacial score (nSPS) is 13.4. The number of alkyl carbamates (subject to hydrolysis) is 1. The van der Waals surface area contributed by atoms with Gasteiger partial charge in [-0.2, -0.15) is 0 Å². The molecule has 1 amide bonds. The van der Waals surface area contributed by atoms with Gasteiger partial charge < -0.3 is 25.0 Å². The molecule has 3 aromatic rings. The number of nitrogens with one attached hydrogen (secondary N) is 2. The van der Waals surface area contributed by atoms with Crippen LogP contribution in [0.2, 0.25) is 0 Å². The van der Waals surface area contributed by atoms with Crippen LogP contribution in [0, 0.1) is 13.5 Å². The lowest BCUT2D eigenvalue weighted by atomic mass is 10.00. The molecule has 0 unspecified atom stereocenters. The number of carbonyl (C=O) groups is 2. The lowest BCUT2D eigenvalue weighted by Gasteiger charge is -2.28. The number of benzene rings is 2. The highest BCUT2D eigenvalue weighted by atomic mass is 16.6. The third-order valence-electron chi connectivity index (χ3n) is 5.86. The van der Waals surface area contributed by atoms with Crippen molar-refractivity contribution in [3.63, 3.8) is 0 Å². The van der Waals surface area contributed by atoms with E-state index in [2.05, 4.69) is 30.3 Å². The van der Waals surface area contributed by atoms with Crippen LogP contribution in [0.5, 0.6) is 0 Å². The predicted octanol–water partition coefficient (Wildman–Crippen LogP) is 5.29. The van der Waals surface area contributed by atoms with E-state index < -0.39 is 11.7 Å². The SMILES string of the molecule is [C-]#[N+]c1ccc(-c2ccc(C(=O)CNC(=O)OC(C)(C)C)cc2)c(Nc2cc(N3CCOCC3)nc(C)n2)c1. The molecule has 1 aliphatic rings. The minimum atomic E-state index is -0.641. The molecule has 39 heavy (non-hydrogen) atoms. The number of aromatic nitrogens is 2. The Bertz CT molecular complexity index is 1390. The molecule has 2 N–H and O–H groups in total. The van der Waals surface area contributed by atoms with Gasteiger partial charge >= 0.3 is 6.09 Å². The van der Waals surface area contributed by atoms with Crippen molar-refractivity contribution in [3.8, 4) is 11.1 Å². The van der Waals surface area contributed by atoms with Gasteiger partial charge in [0, 0.05) is 36.0 Å². The van der Waals surface area contributed by atoms with Gasteiger partial charge in [-0.15, -0.1) is 0 Å². The molecule has 2 heterocycles. The van der Waals surface area contributed by atoms with Crippen LogP contribution in [-0.4, -0.2) is 60.3 Å². The number of ether oxygens (including phenoxy) is 2. The lowest BCUT2D eigenvalue weighted by molar-refractivity contribution is 0.0520. The number of rotatable bonds is 7. The van der Waals surface area contributed by atoms with E-state index in [1.165, 1.54) is 0 Å². The standard InChI is InChI=1S/C29H32N6O4/c1-19-32-26(17-27(33-19)35-12-14-38-15-13-35)34-24-16-22(30-5)10-11-23(24)20-6-8-21(9-7-20)25(36)18-31-28(37)39-29(2,3)4/h6-11,16-17H,12-15,18H2,1-4H3,(H,31,37)(H,32,33,34). The molecule has 1 fully saturated rings. The van der Waals surface area contributed by atoms with E-state index in [0.717, 1.165) is 30.0 Å². The van der Waals surface area contributed by atoms with Crippen LogP contribution < -0.4 is 15.5 Å². The average Bonchev–Trinajstić information content (AvgIpc) is 2.91. The summed E-state index contributed by atoms with van der Waals surface area (Å²) >= 11 is 0. The van der Waals surface area contributed by atoms with E-state index in [4.69, 9.17) is 16.0 Å². The van der Waals surface area contributed by atoms with Crippen LogP contribution >= 0.6 is 0 Å². The van der Waals surface area contributed by atoms with E-state index in [1.54, 1.807) is 45.0 Å². The second-order valence-electron chi connectivity index (χ2n) is 10.1. The van der Waals surface area contributed by atoms with Crippen LogP contribution in [0.15, 0.2) is 48.5 Å². The minimum absolute atomic E-state index is 0.167. The number of hydrogen-bond donors (Lipinski definition) is 2. The van der Waals surface area contributed by atoms with Gasteiger partial charge in [0.2, 0.25) is 0 Å². The topological polar surface area (TPSA) is 110 Å². The maximum atomic E-state index is 12.6. The van der Waals surface area contributed by atoms with Gasteiger partial charge in [0.25, 0.3) is 0 Å². The summed E-state index contributed by atoms with van der Waals surface area (Å²) in [4.78, 5) is 39.4. The number of hydrogen-bond acceptors (Lipinski definition) is 8. The Labute approximate surface area is 228 Å². The fraction of sp³-hybridized carbons (Fsp3) is 0.345. The molecule has 10 heteroatoms. The molecular weight excluding hydrogens is 496 g/mol. The summed E-state index contributed by atoms with van der Waals surface area (Å²) in [5, 5.41) is 5.87. The zero-order chi connectivity index (χ0) is 28.0. The quantitative estimate of drug-likeness (QED) is 0.314. The van der Waals surface area contributed by atoms with E-state index in [0.29, 0.717) is 41.8 Å². The Morgan fingerprint density at radius 2 is 1.79 bits per heavy atom. The van der Waals surface area contributed by atoms with Gasteiger partial charge in [0.05, 0.1) is 26.3 Å². The van der Waals surface area contributed by atoms with Crippen molar-refractivity contribution in [2.75, 3.05) is 43.1 Å². The summed E-state index contributed by atoms with van der Waals surface area (Å²) in [5.41, 5.74) is 2.71. The van der Waals surface area contributed by atoms with Crippen molar-refractivity contribution in [3.05, 3.63) is 71.3 Å². The molecule has 0 atom stereocenters. The van der Waals surface area contributed by atoms with Crippen molar-refractivity contribution >= 4 is 34.9 Å². The molecule has 1 aromatic heterocycles. The zero-order valence-electron chi connectivity index (χ0n) is 22.6. The van der Waals surface area contributed by atoms with Crippen LogP contribution in [0.3, 0.4) is 0 Å². The third-order valence-corrected chi connectivity index (χ3v) is 5.86. The summed E-state index contributed by atoms with van der Waals surface area (Å²) < 4.78 is 10.6. The Kier molecular flexibility index (Phi) is 8.42. The van der Waals surface area contributed by atoms with E-state index in [-0.39, 0.29) is 12.3 Å². The number of Topliss-reactive ketones (excluding diaryl/α,β-unsaturated/α-hetero) is 1. The average molecular weight is 529 g/mol. The largest absolute Gasteiger partial charge is 0.444 e. The van der Waals surface area contributed by atoms with Crippen molar-refractivity contribution in [1.82, 2.24) is 15.3 Å². The van der Waals surface area contributed by atoms with Crippen molar-refractivity contribution < 1.29 is 19.1 Å². The summed E-state index contributed by atoms with van der Waals surface area (Å²) in [6.45, 7) is 17.2. The van der Waals surface area contributed by atoms with Gasteiger partial charge in [0.1, 0.15) is 23.1 Å². The van der Waals surface area contributed by atoms with Gasteiger partial charge in [-0.1, -0.05) is 36.4 Å². The number of morpholine rings is 1. The van der Waals surface area contributed by atoms with Crippen molar-refractivity contribution in [2.24, 2.45) is 0 Å². The molecule has 0 aliphatic carbocycles. The van der Waals surface area contributed by atoms with Crippen molar-refractivity contribution in [2.45, 2.75) is 33.3 Å². The summed E-state index contributed by atoms with van der Waals surface area (Å²) in [5.74, 6) is 1.83. The predicted molar refractivity (Wildman–Crippen MR) is 150 cm³/mol. The first kappa shape index (κ1) is 27.5. The molecule has 10 nitrogen and oxygen atoms in total. The minimum Gasteiger partial charge on any atom is -0.444 e. The Morgan fingerprint density at radius 3 is 2.46 bits per heavy atom. The van der Waals surface area contributed by atoms with Crippen LogP contribution in [-0.2, 0) is 9.47 Å². The van der Waals surface area contributed by atoms with E-state index in [1.807, 2.05) is 31.2 Å². The fourth-order valence-electron chi connectivity index (χ4n) is 4.07. The molecule has 4 rings (SSSR count). The number of aryl methyl sites for hydroxylation is 1. The maximum Gasteiger partial charge on any atom is 0.408 e. The molecule has 1 saturated heterocycles. The smallest absolute Gasteiger partial charge is 0.408 e. The number of ketones is 1. The van der Waals surface area contributed by atoms with E-state index >= 15 is 0 Å². The number of anilines is 3. The molecular formula is C29H32N6O4. The second kappa shape index (κ2) is 11.9. The van der Waals surface area contributed by atoms with E-state index in [9.17, 15) is 9.59 Å². The monoisotopic (exact) mass is 528 g/mol. The summed E-state index contributed by atoms with van der Waals surface area (Å²) in [6.07, 6.45) is -0.639. The van der Waals surface area contributed by atoms with Crippen LogP contribution in [0.25, 0.3) is 16.0 Å². The Hall–Kier alpha value is -4.49. The third kappa shape index (κ3) is 7.52. The maximum absolute atomic E-state index is 12.6. The molecule has 0 spiro atoms. The highest BCUT2D eigenvalue weighted by Crippen LogP contribution is 2.34. The van der Waals surface area contributed by atoms with Crippen LogP contribution in [0.4, 0.5) is 27.8 Å². The molecule has 1 aliphatic heterocycles. The Balaban J connectivity index is 1.54. The lowest BCUT2D eigenvalue weighted by Crippen LogP contribution is -2.36. The first-order valence-electron chi connectivity index (χ1n) is 12.7. The summed E-state index contributed by atoms with van der Waals surface area (Å²) in [7, 11) is 0. The van der Waals surface area contributed by atoms with Crippen molar-refractivity contribution in [1.29, 1.82) is 0 Å². The number of amides is 1. The number of nitrogens with zero attached hydrogens (tertiary/aromatic N) is 4. The highest BCUT2D eigenvalue weighted by molar-refractivity contribution is 5.99. The number of carbonyl (C=O) groups excluding carboxylic acids is 2. The molecule has 2 aromatic carbocycles. The van der Waals surface area contributed by atoms with Crippen LogP contribution in [0.1, 0.15) is 37.0 Å². The zero-order valence-corrected chi connectivity index (χ0v) is 22.6. The van der Waals surface area contributed by atoms with Gasteiger partial charge in [-0.25, -0.2) is 19.6 Å². The summed E-state index contributed by atoms with van der Waals surface area (Å²) in [6, 6.07) is 14.4. The van der Waals surface area contributed by atoms with Gasteiger partial charge in [-0.3, -0.25) is 4.79 Å². The molecule has 0 saturated carbocycles. The first-order valence-corrected chi connectivity index (χ1v) is 12.7. The Morgan fingerprint density at radius 1 is 1.08 bits per heavy atom. The van der Waals surface area contributed by atoms with Gasteiger partial charge in [-0.05, 0) is 39.3 Å². The first-order chi connectivity index (χ1) is 18.6. The molecule has 202 valence electrons. The second-order valence-corrected chi connectivity index (χ2v) is 10.1. The highest BCUT2D eigenvalue weighted by Gasteiger charge is 2.18. The van der Waals surface area contributed by atoms with Gasteiger partial charge in [0.15, 0.2) is 11.5 Å². The fourth-order valence-corrected chi connectivity index (χ4v) is 4.07. The molecule has 0 radical (unpaired) electrons.